The molecule has 3 heterocycles. The predicted molar refractivity (Wildman–Crippen MR) is 111 cm³/mol. The minimum atomic E-state index is -0.365. The van der Waals surface area contributed by atoms with Gasteiger partial charge in [0.15, 0.2) is 0 Å². The van der Waals surface area contributed by atoms with Crippen molar-refractivity contribution >= 4 is 55.3 Å². The maximum absolute atomic E-state index is 12.8. The van der Waals surface area contributed by atoms with Gasteiger partial charge in [0.2, 0.25) is 0 Å². The zero-order chi connectivity index (χ0) is 19.4. The van der Waals surface area contributed by atoms with Gasteiger partial charge < -0.3 is 9.30 Å². The van der Waals surface area contributed by atoms with E-state index in [1.807, 2.05) is 65.7 Å². The number of methoxy groups -OCH3 is 1. The highest BCUT2D eigenvalue weighted by Crippen LogP contribution is 2.42. The van der Waals surface area contributed by atoms with Crippen LogP contribution in [0.2, 0.25) is 0 Å². The number of thiophene rings is 1. The van der Waals surface area contributed by atoms with E-state index < -0.39 is 0 Å². The van der Waals surface area contributed by atoms with Crippen LogP contribution in [0.25, 0.3) is 32.1 Å². The zero-order valence-corrected chi connectivity index (χ0v) is 16.1. The number of hydrogen-bond acceptors (Lipinski definition) is 4. The third kappa shape index (κ3) is 2.25. The van der Waals surface area contributed by atoms with Gasteiger partial charge >= 0.3 is 0 Å². The van der Waals surface area contributed by atoms with Crippen molar-refractivity contribution in [3.8, 4) is 5.75 Å². The lowest BCUT2D eigenvalue weighted by Crippen LogP contribution is -2.22. The van der Waals surface area contributed by atoms with Gasteiger partial charge in [0.25, 0.3) is 11.8 Å². The number of benzene rings is 2. The van der Waals surface area contributed by atoms with E-state index in [4.69, 9.17) is 4.74 Å². The third-order valence-corrected chi connectivity index (χ3v) is 6.16. The summed E-state index contributed by atoms with van der Waals surface area (Å²) >= 11 is 1.51. The molecule has 0 fully saturated rings. The maximum atomic E-state index is 12.8. The maximum Gasteiger partial charge on any atom is 0.259 e. The van der Waals surface area contributed by atoms with Crippen molar-refractivity contribution in [3.63, 3.8) is 0 Å². The number of rotatable bonds is 3. The summed E-state index contributed by atoms with van der Waals surface area (Å²) in [6.45, 7) is 0. The highest BCUT2D eigenvalue weighted by molar-refractivity contribution is 7.18. The second-order valence-corrected chi connectivity index (χ2v) is 7.57. The van der Waals surface area contributed by atoms with Crippen LogP contribution in [0.3, 0.4) is 0 Å². The van der Waals surface area contributed by atoms with Gasteiger partial charge in [-0.2, -0.15) is 0 Å². The first-order chi connectivity index (χ1) is 13.6. The first kappa shape index (κ1) is 16.8. The SMILES string of the molecule is COc1cccc2c(C3=C(c4cn(C)c5ccccc45)C(=O)NC3=O)csc12. The van der Waals surface area contributed by atoms with Gasteiger partial charge in [-0.15, -0.1) is 11.3 Å². The van der Waals surface area contributed by atoms with E-state index in [0.717, 1.165) is 37.9 Å². The number of fused-ring (bicyclic) bond motifs is 2. The van der Waals surface area contributed by atoms with Gasteiger partial charge in [-0.3, -0.25) is 14.9 Å². The molecule has 2 aromatic heterocycles. The van der Waals surface area contributed by atoms with Crippen LogP contribution in [0.4, 0.5) is 0 Å². The molecule has 0 spiro atoms. The van der Waals surface area contributed by atoms with E-state index >= 15 is 0 Å². The van der Waals surface area contributed by atoms with Crippen molar-refractivity contribution < 1.29 is 14.3 Å². The number of carbonyl (C=O) groups excluding carboxylic acids is 2. The molecule has 5 rings (SSSR count). The van der Waals surface area contributed by atoms with Gasteiger partial charge in [0, 0.05) is 46.0 Å². The van der Waals surface area contributed by atoms with Crippen LogP contribution in [0.5, 0.6) is 5.75 Å². The quantitative estimate of drug-likeness (QED) is 0.540. The van der Waals surface area contributed by atoms with Crippen LogP contribution in [0.15, 0.2) is 54.0 Å². The van der Waals surface area contributed by atoms with E-state index in [0.29, 0.717) is 11.1 Å². The number of nitrogens with zero attached hydrogens (tertiary/aromatic N) is 1. The van der Waals surface area contributed by atoms with Crippen molar-refractivity contribution in [2.75, 3.05) is 7.11 Å². The zero-order valence-electron chi connectivity index (χ0n) is 15.3. The largest absolute Gasteiger partial charge is 0.495 e. The molecule has 28 heavy (non-hydrogen) atoms. The van der Waals surface area contributed by atoms with Gasteiger partial charge in [-0.05, 0) is 12.1 Å². The second kappa shape index (κ2) is 6.07. The fourth-order valence-electron chi connectivity index (χ4n) is 3.90. The van der Waals surface area contributed by atoms with E-state index in [1.54, 1.807) is 7.11 Å². The van der Waals surface area contributed by atoms with Gasteiger partial charge in [-0.1, -0.05) is 30.3 Å². The van der Waals surface area contributed by atoms with Crippen LogP contribution in [0, 0.1) is 0 Å². The molecule has 0 saturated heterocycles. The van der Waals surface area contributed by atoms with Crippen LogP contribution in [-0.2, 0) is 16.6 Å². The molecule has 0 bridgehead atoms. The molecule has 2 aromatic carbocycles. The van der Waals surface area contributed by atoms with Crippen molar-refractivity contribution in [3.05, 3.63) is 65.2 Å². The van der Waals surface area contributed by atoms with Crippen LogP contribution in [-0.4, -0.2) is 23.5 Å². The summed E-state index contributed by atoms with van der Waals surface area (Å²) in [5.74, 6) is 0.0276. The monoisotopic (exact) mass is 388 g/mol. The molecular weight excluding hydrogens is 372 g/mol. The first-order valence-corrected chi connectivity index (χ1v) is 9.67. The summed E-state index contributed by atoms with van der Waals surface area (Å²) in [6, 6.07) is 13.6. The molecular formula is C22H16N2O3S. The molecule has 1 aliphatic rings. The highest BCUT2D eigenvalue weighted by atomic mass is 32.1. The Kier molecular flexibility index (Phi) is 3.64. The van der Waals surface area contributed by atoms with Gasteiger partial charge in [-0.25, -0.2) is 0 Å². The average molecular weight is 388 g/mol. The van der Waals surface area contributed by atoms with E-state index in [1.165, 1.54) is 11.3 Å². The fourth-order valence-corrected chi connectivity index (χ4v) is 4.95. The Balaban J connectivity index is 1.84. The molecule has 0 saturated carbocycles. The minimum Gasteiger partial charge on any atom is -0.495 e. The van der Waals surface area contributed by atoms with Crippen LogP contribution >= 0.6 is 11.3 Å². The normalized spacial score (nSPS) is 14.4. The number of aromatic nitrogens is 1. The third-order valence-electron chi connectivity index (χ3n) is 5.15. The number of nitrogens with one attached hydrogen (secondary N) is 1. The first-order valence-electron chi connectivity index (χ1n) is 8.79. The molecule has 5 nitrogen and oxygen atoms in total. The van der Waals surface area contributed by atoms with E-state index in [2.05, 4.69) is 5.32 Å². The number of imide groups is 1. The van der Waals surface area contributed by atoms with Crippen molar-refractivity contribution in [1.82, 2.24) is 9.88 Å². The molecule has 4 aromatic rings. The Morgan fingerprint density at radius 1 is 0.929 bits per heavy atom. The molecule has 0 unspecified atom stereocenters. The van der Waals surface area contributed by atoms with Crippen molar-refractivity contribution in [1.29, 1.82) is 0 Å². The van der Waals surface area contributed by atoms with Crippen LogP contribution in [0.1, 0.15) is 11.1 Å². The average Bonchev–Trinajstić information content (AvgIpc) is 3.35. The Labute approximate surface area is 164 Å². The summed E-state index contributed by atoms with van der Waals surface area (Å²) in [5, 5.41) is 6.25. The molecule has 2 amide bonds. The molecule has 0 radical (unpaired) electrons. The molecule has 6 heteroatoms. The Hall–Kier alpha value is -3.38. The lowest BCUT2D eigenvalue weighted by molar-refractivity contribution is -0.122. The smallest absolute Gasteiger partial charge is 0.259 e. The van der Waals surface area contributed by atoms with Gasteiger partial charge in [0.05, 0.1) is 23.0 Å². The number of para-hydroxylation sites is 1. The number of aryl methyl sites for hydroxylation is 1. The van der Waals surface area contributed by atoms with Gasteiger partial charge in [0.1, 0.15) is 5.75 Å². The molecule has 1 aliphatic heterocycles. The lowest BCUT2D eigenvalue weighted by Gasteiger charge is -2.04. The number of hydrogen-bond donors (Lipinski definition) is 1. The summed E-state index contributed by atoms with van der Waals surface area (Å²) in [4.78, 5) is 25.6. The summed E-state index contributed by atoms with van der Waals surface area (Å²) < 4.78 is 8.38. The van der Waals surface area contributed by atoms with Crippen molar-refractivity contribution in [2.45, 2.75) is 0 Å². The Morgan fingerprint density at radius 3 is 2.43 bits per heavy atom. The second-order valence-electron chi connectivity index (χ2n) is 6.69. The minimum absolute atomic E-state index is 0.362. The number of ether oxygens (including phenoxy) is 1. The van der Waals surface area contributed by atoms with Crippen molar-refractivity contribution in [2.24, 2.45) is 7.05 Å². The Morgan fingerprint density at radius 2 is 1.64 bits per heavy atom. The molecule has 1 N–H and O–H groups in total. The molecule has 138 valence electrons. The Bertz CT molecular complexity index is 1330. The van der Waals surface area contributed by atoms with Crippen LogP contribution < -0.4 is 10.1 Å². The van der Waals surface area contributed by atoms with E-state index in [9.17, 15) is 9.59 Å². The predicted octanol–water partition coefficient (Wildman–Crippen LogP) is 3.97. The summed E-state index contributed by atoms with van der Waals surface area (Å²) in [5.41, 5.74) is 3.36. The van der Waals surface area contributed by atoms with E-state index in [-0.39, 0.29) is 11.8 Å². The summed E-state index contributed by atoms with van der Waals surface area (Å²) in [6.07, 6.45) is 1.91. The summed E-state index contributed by atoms with van der Waals surface area (Å²) in [7, 11) is 3.56. The molecule has 0 atom stereocenters. The fraction of sp³-hybridized carbons (Fsp3) is 0.0909. The topological polar surface area (TPSA) is 60.3 Å². The highest BCUT2D eigenvalue weighted by Gasteiger charge is 2.35. The molecule has 0 aliphatic carbocycles. The number of amides is 2. The standard InChI is InChI=1S/C22H16N2O3S/c1-24-10-14(12-6-3-4-8-16(12)24)18-19(22(26)23-21(18)25)15-11-28-20-13(15)7-5-9-17(20)27-2/h3-11H,1-2H3,(H,23,25,26). The number of carbonyl (C=O) groups is 2. The lowest BCUT2D eigenvalue weighted by atomic mass is 9.95.